The predicted molar refractivity (Wildman–Crippen MR) is 163 cm³/mol. The molecule has 3 heterocycles. The Morgan fingerprint density at radius 2 is 1.86 bits per heavy atom. The second-order valence-electron chi connectivity index (χ2n) is 10.5. The van der Waals surface area contributed by atoms with Gasteiger partial charge in [-0.1, -0.05) is 47.2 Å². The molecule has 1 aromatic heterocycles. The molecule has 0 bridgehead atoms. The molecule has 3 aromatic carbocycles. The highest BCUT2D eigenvalue weighted by atomic mass is 35.5. The van der Waals surface area contributed by atoms with Gasteiger partial charge in [-0.25, -0.2) is 13.4 Å². The molecule has 0 fully saturated rings. The first kappa shape index (κ1) is 29.2. The van der Waals surface area contributed by atoms with Crippen LogP contribution in [0, 0.1) is 13.8 Å². The number of benzene rings is 3. The van der Waals surface area contributed by atoms with Crippen LogP contribution in [0.4, 0.5) is 5.13 Å². The number of amides is 1. The van der Waals surface area contributed by atoms with Crippen LogP contribution in [0.15, 0.2) is 58.8 Å². The number of hydrogen-bond acceptors (Lipinski definition) is 9. The minimum Gasteiger partial charge on any atom is -0.489 e. The zero-order valence-electron chi connectivity index (χ0n) is 23.4. The molecule has 2 aliphatic rings. The van der Waals surface area contributed by atoms with E-state index in [2.05, 4.69) is 4.98 Å². The molecule has 4 N–H and O–H groups in total. The van der Waals surface area contributed by atoms with E-state index in [1.807, 2.05) is 49.4 Å². The summed E-state index contributed by atoms with van der Waals surface area (Å²) in [5.74, 6) is 0.973. The Balaban J connectivity index is 1.19. The van der Waals surface area contributed by atoms with Crippen LogP contribution in [0.3, 0.4) is 0 Å². The molecular formula is C30H29ClN4O6S2. The number of rotatable bonds is 7. The van der Waals surface area contributed by atoms with Crippen LogP contribution in [0.5, 0.6) is 17.2 Å². The summed E-state index contributed by atoms with van der Waals surface area (Å²) < 4.78 is 46.6. The van der Waals surface area contributed by atoms with Gasteiger partial charge in [0, 0.05) is 11.6 Å². The van der Waals surface area contributed by atoms with Crippen molar-refractivity contribution in [1.29, 1.82) is 0 Å². The topological polar surface area (TPSA) is 147 Å². The Kier molecular flexibility index (Phi) is 7.71. The van der Waals surface area contributed by atoms with Crippen LogP contribution in [-0.2, 0) is 34.4 Å². The molecule has 1 amide bonds. The van der Waals surface area contributed by atoms with Crippen molar-refractivity contribution < 1.29 is 27.4 Å². The van der Waals surface area contributed by atoms with Crippen molar-refractivity contribution in [1.82, 2.24) is 9.29 Å². The Hall–Kier alpha value is -3.84. The van der Waals surface area contributed by atoms with Gasteiger partial charge in [-0.2, -0.15) is 4.31 Å². The minimum absolute atomic E-state index is 0.00704. The van der Waals surface area contributed by atoms with Crippen molar-refractivity contribution in [3.63, 3.8) is 0 Å². The van der Waals surface area contributed by atoms with E-state index in [-0.39, 0.29) is 40.7 Å². The number of fused-ring (bicyclic) bond motifs is 2. The van der Waals surface area contributed by atoms with Gasteiger partial charge >= 0.3 is 0 Å². The number of thiazole rings is 1. The highest BCUT2D eigenvalue weighted by molar-refractivity contribution is 7.91. The normalized spacial score (nSPS) is 18.2. The van der Waals surface area contributed by atoms with Gasteiger partial charge in [-0.15, -0.1) is 0 Å². The van der Waals surface area contributed by atoms with Crippen LogP contribution >= 0.6 is 22.9 Å². The number of nitrogen functional groups attached to an aromatic ring is 1. The zero-order chi connectivity index (χ0) is 30.5. The van der Waals surface area contributed by atoms with Crippen molar-refractivity contribution in [3.8, 4) is 17.2 Å². The lowest BCUT2D eigenvalue weighted by Crippen LogP contribution is -2.51. The molecule has 6 rings (SSSR count). The molecule has 0 saturated heterocycles. The first-order chi connectivity index (χ1) is 20.5. The highest BCUT2D eigenvalue weighted by Gasteiger charge is 2.41. The summed E-state index contributed by atoms with van der Waals surface area (Å²) in [5.41, 5.74) is 16.1. The number of ether oxygens (including phenoxy) is 3. The number of anilines is 1. The molecule has 4 aromatic rings. The predicted octanol–water partition coefficient (Wildman–Crippen LogP) is 4.69. The van der Waals surface area contributed by atoms with Gasteiger partial charge in [0.2, 0.25) is 5.91 Å². The maximum absolute atomic E-state index is 13.6. The Morgan fingerprint density at radius 3 is 2.53 bits per heavy atom. The number of carbonyl (C=O) groups excluding carboxylic acids is 1. The number of nitrogens with two attached hydrogens (primary N) is 2. The van der Waals surface area contributed by atoms with Gasteiger partial charge in [-0.3, -0.25) is 4.79 Å². The van der Waals surface area contributed by atoms with E-state index >= 15 is 0 Å². The van der Waals surface area contributed by atoms with Gasteiger partial charge in [0.05, 0.1) is 5.69 Å². The number of sulfonamides is 1. The minimum atomic E-state index is -4.10. The van der Waals surface area contributed by atoms with E-state index in [1.165, 1.54) is 0 Å². The number of carbonyl (C=O) groups is 1. The highest BCUT2D eigenvalue weighted by Crippen LogP contribution is 2.42. The third-order valence-electron chi connectivity index (χ3n) is 7.55. The summed E-state index contributed by atoms with van der Waals surface area (Å²) in [6, 6.07) is 15.9. The molecule has 0 radical (unpaired) electrons. The number of primary amides is 1. The van der Waals surface area contributed by atoms with E-state index < -0.39 is 22.0 Å². The number of nitrogens with zero attached hydrogens (tertiary/aromatic N) is 2. The Morgan fingerprint density at radius 1 is 1.12 bits per heavy atom. The number of hydrogen-bond donors (Lipinski definition) is 2. The van der Waals surface area contributed by atoms with Crippen LogP contribution in [-0.4, -0.2) is 36.3 Å². The van der Waals surface area contributed by atoms with E-state index in [0.29, 0.717) is 34.4 Å². The average molecular weight is 641 g/mol. The van der Waals surface area contributed by atoms with Crippen molar-refractivity contribution in [3.05, 3.63) is 93.1 Å². The number of aryl methyl sites for hydroxylation is 2. The average Bonchev–Trinajstić information content (AvgIpc) is 3.34. The van der Waals surface area contributed by atoms with Crippen LogP contribution in [0.25, 0.3) is 0 Å². The summed E-state index contributed by atoms with van der Waals surface area (Å²) in [4.78, 5) is 16.4. The lowest BCUT2D eigenvalue weighted by molar-refractivity contribution is -0.122. The maximum Gasteiger partial charge on any atom is 0.255 e. The Labute approximate surface area is 258 Å². The molecule has 224 valence electrons. The van der Waals surface area contributed by atoms with Crippen molar-refractivity contribution >= 4 is 44.0 Å². The van der Waals surface area contributed by atoms with Crippen LogP contribution in [0.2, 0.25) is 5.02 Å². The smallest absolute Gasteiger partial charge is 0.255 e. The summed E-state index contributed by atoms with van der Waals surface area (Å²) in [5, 5.41) is 0.833. The monoisotopic (exact) mass is 640 g/mol. The maximum atomic E-state index is 13.6. The molecule has 0 aliphatic carbocycles. The summed E-state index contributed by atoms with van der Waals surface area (Å²) in [7, 11) is -4.10. The van der Waals surface area contributed by atoms with Crippen molar-refractivity contribution in [2.45, 2.75) is 49.8 Å². The van der Waals surface area contributed by atoms with Gasteiger partial charge in [0.15, 0.2) is 26.9 Å². The molecule has 13 heteroatoms. The lowest BCUT2D eigenvalue weighted by Gasteiger charge is -2.35. The van der Waals surface area contributed by atoms with E-state index in [1.54, 1.807) is 19.1 Å². The molecule has 10 nitrogen and oxygen atoms in total. The fourth-order valence-electron chi connectivity index (χ4n) is 5.21. The second-order valence-corrected chi connectivity index (χ2v) is 14.0. The van der Waals surface area contributed by atoms with E-state index in [9.17, 15) is 13.2 Å². The first-order valence-corrected chi connectivity index (χ1v) is 16.1. The standard InChI is InChI=1S/C30H29ClN4O6S2/c1-16-3-4-18(9-23(16)31)14-39-22-7-5-19(6-8-22)27-15-40-25-11-20-10-24(28(32)36)35(13-21(20)12-26(25)41-27)43(37,38)29-17(2)34-30(33)42-29/h3-9,11-12,24,27H,10,13-15H2,1-2H3,(H2,32,36)(H2,33,34)/t24-,27?/m0/s1. The fourth-order valence-corrected chi connectivity index (χ4v) is 8.39. The molecule has 0 spiro atoms. The van der Waals surface area contributed by atoms with Crippen LogP contribution in [0.1, 0.15) is 39.6 Å². The first-order valence-electron chi connectivity index (χ1n) is 13.5. The van der Waals surface area contributed by atoms with Gasteiger partial charge in [0.25, 0.3) is 10.0 Å². The van der Waals surface area contributed by atoms with Crippen LogP contribution < -0.4 is 25.7 Å². The summed E-state index contributed by atoms with van der Waals surface area (Å²) >= 11 is 7.08. The largest absolute Gasteiger partial charge is 0.489 e. The SMILES string of the molecule is Cc1ccc(COc2ccc(C3COc4cc5c(cc4O3)CN(S(=O)(=O)c3sc(N)nc3C)[C@H](C(N)=O)C5)cc2)cc1Cl. The molecule has 1 unspecified atom stereocenters. The molecule has 2 atom stereocenters. The lowest BCUT2D eigenvalue weighted by atomic mass is 9.94. The molecule has 2 aliphatic heterocycles. The van der Waals surface area contributed by atoms with E-state index in [0.717, 1.165) is 37.9 Å². The van der Waals surface area contributed by atoms with Gasteiger partial charge in [-0.05, 0) is 78.4 Å². The molecule has 43 heavy (non-hydrogen) atoms. The summed E-state index contributed by atoms with van der Waals surface area (Å²) in [6.45, 7) is 4.12. The molecular weight excluding hydrogens is 612 g/mol. The zero-order valence-corrected chi connectivity index (χ0v) is 25.8. The Bertz CT molecular complexity index is 1830. The third-order valence-corrected chi connectivity index (χ3v) is 11.4. The number of halogens is 1. The number of aromatic nitrogens is 1. The van der Waals surface area contributed by atoms with Crippen molar-refractivity contribution in [2.75, 3.05) is 12.3 Å². The summed E-state index contributed by atoms with van der Waals surface area (Å²) in [6.07, 6.45) is -0.284. The van der Waals surface area contributed by atoms with Gasteiger partial charge < -0.3 is 25.7 Å². The quantitative estimate of drug-likeness (QED) is 0.296. The van der Waals surface area contributed by atoms with Crippen molar-refractivity contribution in [2.24, 2.45) is 5.73 Å². The fraction of sp³-hybridized carbons (Fsp3) is 0.267. The molecule has 0 saturated carbocycles. The second kappa shape index (κ2) is 11.3. The van der Waals surface area contributed by atoms with Gasteiger partial charge in [0.1, 0.15) is 25.0 Å². The van der Waals surface area contributed by atoms with E-state index in [4.69, 9.17) is 37.3 Å². The third kappa shape index (κ3) is 5.75.